The van der Waals surface area contributed by atoms with E-state index in [-0.39, 0.29) is 11.8 Å². The van der Waals surface area contributed by atoms with E-state index >= 15 is 0 Å². The molecule has 128 valence electrons. The van der Waals surface area contributed by atoms with Crippen LogP contribution in [0.5, 0.6) is 0 Å². The first-order valence-corrected chi connectivity index (χ1v) is 8.30. The molecule has 2 aromatic rings. The highest BCUT2D eigenvalue weighted by Gasteiger charge is 2.19. The van der Waals surface area contributed by atoms with Crippen molar-refractivity contribution in [1.29, 1.82) is 0 Å². The fraction of sp³-hybridized carbons (Fsp3) is 0.350. The number of hydrogen-bond acceptors (Lipinski definition) is 3. The molecule has 0 spiro atoms. The molecular formula is C20H26N2O2. The molecule has 24 heavy (non-hydrogen) atoms. The molecule has 0 fully saturated rings. The van der Waals surface area contributed by atoms with Gasteiger partial charge in [0, 0.05) is 12.5 Å². The molecular weight excluding hydrogens is 300 g/mol. The van der Waals surface area contributed by atoms with Crippen molar-refractivity contribution in [3.05, 3.63) is 71.3 Å². The quantitative estimate of drug-likeness (QED) is 0.732. The van der Waals surface area contributed by atoms with Crippen molar-refractivity contribution in [2.24, 2.45) is 5.73 Å². The lowest BCUT2D eigenvalue weighted by atomic mass is 9.93. The third kappa shape index (κ3) is 5.18. The Morgan fingerprint density at radius 3 is 2.29 bits per heavy atom. The molecule has 0 radical (unpaired) electrons. The van der Waals surface area contributed by atoms with E-state index in [4.69, 9.17) is 5.73 Å². The number of nitrogens with two attached hydrogens (primary N) is 1. The first-order valence-electron chi connectivity index (χ1n) is 8.30. The second-order valence-corrected chi connectivity index (χ2v) is 6.33. The summed E-state index contributed by atoms with van der Waals surface area (Å²) in [7, 11) is 0. The maximum absolute atomic E-state index is 12.4. The molecule has 0 aliphatic rings. The second kappa shape index (κ2) is 8.62. The molecule has 0 aliphatic heterocycles. The van der Waals surface area contributed by atoms with Crippen LogP contribution >= 0.6 is 0 Å². The molecule has 0 saturated heterocycles. The SMILES string of the molecule is Cc1ccc(C(N)C(=O)NCC(CC(C)O)c2ccccc2)cc1. The van der Waals surface area contributed by atoms with E-state index in [1.165, 1.54) is 0 Å². The summed E-state index contributed by atoms with van der Waals surface area (Å²) in [6.07, 6.45) is 0.155. The van der Waals surface area contributed by atoms with E-state index in [2.05, 4.69) is 5.32 Å². The zero-order chi connectivity index (χ0) is 17.5. The molecule has 2 aromatic carbocycles. The van der Waals surface area contributed by atoms with Crippen LogP contribution < -0.4 is 11.1 Å². The topological polar surface area (TPSA) is 75.4 Å². The van der Waals surface area contributed by atoms with Crippen LogP contribution in [0.15, 0.2) is 54.6 Å². The minimum atomic E-state index is -0.687. The number of aryl methyl sites for hydroxylation is 1. The van der Waals surface area contributed by atoms with Crippen LogP contribution in [-0.2, 0) is 4.79 Å². The molecule has 0 bridgehead atoms. The molecule has 0 heterocycles. The first-order chi connectivity index (χ1) is 11.5. The normalized spacial score (nSPS) is 14.7. The Hall–Kier alpha value is -2.17. The molecule has 0 aromatic heterocycles. The maximum Gasteiger partial charge on any atom is 0.241 e. The number of hydrogen-bond donors (Lipinski definition) is 3. The average molecular weight is 326 g/mol. The van der Waals surface area contributed by atoms with Crippen molar-refractivity contribution >= 4 is 5.91 Å². The summed E-state index contributed by atoms with van der Waals surface area (Å²) in [6.45, 7) is 4.21. The van der Waals surface area contributed by atoms with E-state index < -0.39 is 12.1 Å². The lowest BCUT2D eigenvalue weighted by molar-refractivity contribution is -0.122. The van der Waals surface area contributed by atoms with Gasteiger partial charge in [-0.05, 0) is 31.4 Å². The van der Waals surface area contributed by atoms with Crippen molar-refractivity contribution < 1.29 is 9.90 Å². The van der Waals surface area contributed by atoms with Gasteiger partial charge >= 0.3 is 0 Å². The van der Waals surface area contributed by atoms with Gasteiger partial charge in [-0.1, -0.05) is 60.2 Å². The third-order valence-electron chi connectivity index (χ3n) is 4.14. The second-order valence-electron chi connectivity index (χ2n) is 6.33. The van der Waals surface area contributed by atoms with E-state index in [0.717, 1.165) is 16.7 Å². The molecule has 3 unspecified atom stereocenters. The molecule has 0 saturated carbocycles. The van der Waals surface area contributed by atoms with Gasteiger partial charge in [0.2, 0.25) is 5.91 Å². The number of aliphatic hydroxyl groups excluding tert-OH is 1. The van der Waals surface area contributed by atoms with E-state index in [1.54, 1.807) is 6.92 Å². The van der Waals surface area contributed by atoms with Gasteiger partial charge in [0.25, 0.3) is 0 Å². The van der Waals surface area contributed by atoms with E-state index in [1.807, 2.05) is 61.5 Å². The van der Waals surface area contributed by atoms with Crippen LogP contribution in [-0.4, -0.2) is 23.7 Å². The maximum atomic E-state index is 12.4. The minimum Gasteiger partial charge on any atom is -0.393 e. The summed E-state index contributed by atoms with van der Waals surface area (Å²) < 4.78 is 0. The van der Waals surface area contributed by atoms with Gasteiger partial charge in [-0.15, -0.1) is 0 Å². The standard InChI is InChI=1S/C20H26N2O2/c1-14-8-10-17(11-9-14)19(21)20(24)22-13-18(12-15(2)23)16-6-4-3-5-7-16/h3-11,15,18-19,23H,12-13,21H2,1-2H3,(H,22,24). The Morgan fingerprint density at radius 2 is 1.71 bits per heavy atom. The number of carbonyl (C=O) groups excluding carboxylic acids is 1. The monoisotopic (exact) mass is 326 g/mol. The zero-order valence-corrected chi connectivity index (χ0v) is 14.3. The van der Waals surface area contributed by atoms with Crippen LogP contribution in [0.2, 0.25) is 0 Å². The third-order valence-corrected chi connectivity index (χ3v) is 4.14. The van der Waals surface area contributed by atoms with Crippen LogP contribution in [0, 0.1) is 6.92 Å². The highest BCUT2D eigenvalue weighted by molar-refractivity contribution is 5.83. The molecule has 4 heteroatoms. The number of amides is 1. The minimum absolute atomic E-state index is 0.0559. The highest BCUT2D eigenvalue weighted by atomic mass is 16.3. The van der Waals surface area contributed by atoms with Crippen molar-refractivity contribution in [3.8, 4) is 0 Å². The van der Waals surface area contributed by atoms with Crippen molar-refractivity contribution in [2.45, 2.75) is 38.3 Å². The highest BCUT2D eigenvalue weighted by Crippen LogP contribution is 2.21. The average Bonchev–Trinajstić information content (AvgIpc) is 2.59. The molecule has 0 aliphatic carbocycles. The largest absolute Gasteiger partial charge is 0.393 e. The number of carbonyl (C=O) groups is 1. The van der Waals surface area contributed by atoms with Crippen molar-refractivity contribution in [1.82, 2.24) is 5.32 Å². The molecule has 2 rings (SSSR count). The fourth-order valence-electron chi connectivity index (χ4n) is 2.73. The van der Waals surface area contributed by atoms with Gasteiger partial charge in [-0.25, -0.2) is 0 Å². The van der Waals surface area contributed by atoms with Crippen LogP contribution in [0.25, 0.3) is 0 Å². The summed E-state index contributed by atoms with van der Waals surface area (Å²) in [5.41, 5.74) is 9.08. The van der Waals surface area contributed by atoms with Crippen molar-refractivity contribution in [3.63, 3.8) is 0 Å². The van der Waals surface area contributed by atoms with E-state index in [9.17, 15) is 9.90 Å². The van der Waals surface area contributed by atoms with E-state index in [0.29, 0.717) is 13.0 Å². The molecule has 4 nitrogen and oxygen atoms in total. The summed E-state index contributed by atoms with van der Waals surface area (Å²) in [5.74, 6) is -0.147. The number of nitrogens with one attached hydrogen (secondary N) is 1. The Labute approximate surface area is 143 Å². The summed E-state index contributed by atoms with van der Waals surface area (Å²) in [4.78, 5) is 12.4. The predicted molar refractivity (Wildman–Crippen MR) is 96.6 cm³/mol. The Bertz CT molecular complexity index is 638. The smallest absolute Gasteiger partial charge is 0.241 e. The van der Waals surface area contributed by atoms with Gasteiger partial charge in [0.05, 0.1) is 6.10 Å². The van der Waals surface area contributed by atoms with Gasteiger partial charge in [-0.3, -0.25) is 4.79 Å². The lowest BCUT2D eigenvalue weighted by Crippen LogP contribution is -2.37. The summed E-state index contributed by atoms with van der Waals surface area (Å²) >= 11 is 0. The zero-order valence-electron chi connectivity index (χ0n) is 14.3. The predicted octanol–water partition coefficient (Wildman–Crippen LogP) is 2.67. The summed E-state index contributed by atoms with van der Waals surface area (Å²) in [5, 5.41) is 12.6. The van der Waals surface area contributed by atoms with Crippen molar-refractivity contribution in [2.75, 3.05) is 6.54 Å². The number of aliphatic hydroxyl groups is 1. The Balaban J connectivity index is 2.00. The van der Waals surface area contributed by atoms with Gasteiger partial charge in [0.15, 0.2) is 0 Å². The van der Waals surface area contributed by atoms with Crippen LogP contribution in [0.4, 0.5) is 0 Å². The molecule has 1 amide bonds. The Morgan fingerprint density at radius 1 is 1.08 bits per heavy atom. The number of rotatable bonds is 7. The summed E-state index contributed by atoms with van der Waals surface area (Å²) in [6, 6.07) is 16.9. The van der Waals surface area contributed by atoms with Gasteiger partial charge < -0.3 is 16.2 Å². The van der Waals surface area contributed by atoms with Gasteiger partial charge in [0.1, 0.15) is 6.04 Å². The lowest BCUT2D eigenvalue weighted by Gasteiger charge is -2.21. The van der Waals surface area contributed by atoms with Crippen LogP contribution in [0.1, 0.15) is 42.0 Å². The fourth-order valence-corrected chi connectivity index (χ4v) is 2.73. The first kappa shape index (κ1) is 18.2. The molecule has 4 N–H and O–H groups in total. The van der Waals surface area contributed by atoms with Crippen LogP contribution in [0.3, 0.4) is 0 Å². The number of benzene rings is 2. The Kier molecular flexibility index (Phi) is 6.53. The van der Waals surface area contributed by atoms with Gasteiger partial charge in [-0.2, -0.15) is 0 Å². The molecule has 3 atom stereocenters.